The molecule has 1 N–H and O–H groups in total. The van der Waals surface area contributed by atoms with E-state index in [1.165, 1.54) is 16.2 Å². The zero-order valence-electron chi connectivity index (χ0n) is 10.9. The molecule has 0 fully saturated rings. The van der Waals surface area contributed by atoms with Crippen LogP contribution in [-0.2, 0) is 24.3 Å². The van der Waals surface area contributed by atoms with Crippen molar-refractivity contribution in [3.05, 3.63) is 15.6 Å². The number of thiazole rings is 1. The molecule has 0 saturated heterocycles. The number of aromatic nitrogens is 1. The molecule has 1 aliphatic rings. The number of rotatable bonds is 1. The summed E-state index contributed by atoms with van der Waals surface area (Å²) in [6.45, 7) is 6.65. The van der Waals surface area contributed by atoms with Crippen molar-refractivity contribution in [3.8, 4) is 0 Å². The van der Waals surface area contributed by atoms with E-state index in [1.54, 1.807) is 4.90 Å². The van der Waals surface area contributed by atoms with Crippen molar-refractivity contribution < 1.29 is 14.6 Å². The van der Waals surface area contributed by atoms with Gasteiger partial charge >= 0.3 is 6.09 Å². The van der Waals surface area contributed by atoms with Crippen LogP contribution in [0.2, 0.25) is 0 Å². The van der Waals surface area contributed by atoms with Crippen molar-refractivity contribution in [1.29, 1.82) is 0 Å². The third-order valence-corrected chi connectivity index (χ3v) is 3.70. The van der Waals surface area contributed by atoms with Gasteiger partial charge in [0.05, 0.1) is 18.8 Å². The number of aliphatic hydroxyl groups excluding tert-OH is 1. The van der Waals surface area contributed by atoms with Gasteiger partial charge in [0.25, 0.3) is 0 Å². The van der Waals surface area contributed by atoms with Crippen LogP contribution in [0.5, 0.6) is 0 Å². The lowest BCUT2D eigenvalue weighted by Gasteiger charge is -2.29. The average Bonchev–Trinajstić information content (AvgIpc) is 2.68. The van der Waals surface area contributed by atoms with E-state index in [9.17, 15) is 4.79 Å². The van der Waals surface area contributed by atoms with E-state index in [4.69, 9.17) is 9.84 Å². The van der Waals surface area contributed by atoms with Crippen LogP contribution in [0, 0.1) is 0 Å². The van der Waals surface area contributed by atoms with Crippen LogP contribution in [-0.4, -0.2) is 33.2 Å². The summed E-state index contributed by atoms with van der Waals surface area (Å²) >= 11 is 1.52. The van der Waals surface area contributed by atoms with Gasteiger partial charge in [-0.25, -0.2) is 9.78 Å². The van der Waals surface area contributed by atoms with Gasteiger partial charge in [0.15, 0.2) is 0 Å². The molecule has 1 amide bonds. The number of nitrogens with zero attached hydrogens (tertiary/aromatic N) is 2. The predicted molar refractivity (Wildman–Crippen MR) is 68.4 cm³/mol. The van der Waals surface area contributed by atoms with E-state index < -0.39 is 5.60 Å². The summed E-state index contributed by atoms with van der Waals surface area (Å²) in [5, 5.41) is 9.77. The average molecular weight is 270 g/mol. The van der Waals surface area contributed by atoms with Gasteiger partial charge in [0.1, 0.15) is 10.6 Å². The highest BCUT2D eigenvalue weighted by molar-refractivity contribution is 7.11. The van der Waals surface area contributed by atoms with Crippen molar-refractivity contribution in [2.75, 3.05) is 6.54 Å². The fourth-order valence-corrected chi connectivity index (χ4v) is 2.73. The molecular weight excluding hydrogens is 252 g/mol. The smallest absolute Gasteiger partial charge is 0.410 e. The fourth-order valence-electron chi connectivity index (χ4n) is 1.80. The molecule has 1 aromatic rings. The first-order valence-electron chi connectivity index (χ1n) is 5.95. The summed E-state index contributed by atoms with van der Waals surface area (Å²) in [6, 6.07) is 0. The van der Waals surface area contributed by atoms with E-state index in [2.05, 4.69) is 4.98 Å². The van der Waals surface area contributed by atoms with Gasteiger partial charge in [0.2, 0.25) is 0 Å². The Morgan fingerprint density at radius 1 is 1.56 bits per heavy atom. The lowest BCUT2D eigenvalue weighted by atomic mass is 10.2. The van der Waals surface area contributed by atoms with Gasteiger partial charge in [-0.2, -0.15) is 0 Å². The summed E-state index contributed by atoms with van der Waals surface area (Å²) in [5.74, 6) is 0. The first kappa shape index (κ1) is 13.3. The minimum absolute atomic E-state index is 0.0376. The molecule has 0 unspecified atom stereocenters. The van der Waals surface area contributed by atoms with Crippen molar-refractivity contribution in [1.82, 2.24) is 9.88 Å². The second-order valence-electron chi connectivity index (χ2n) is 5.29. The molecular formula is C12H18N2O3S. The van der Waals surface area contributed by atoms with E-state index in [-0.39, 0.29) is 12.7 Å². The molecule has 0 aromatic carbocycles. The minimum atomic E-state index is -0.476. The standard InChI is InChI=1S/C12H18N2O3S/c1-12(2,3)17-11(16)14-5-4-9-8(6-14)13-10(7-15)18-9/h15H,4-7H2,1-3H3. The quantitative estimate of drug-likeness (QED) is 0.847. The molecule has 5 nitrogen and oxygen atoms in total. The largest absolute Gasteiger partial charge is 0.444 e. The Hall–Kier alpha value is -1.14. The Balaban J connectivity index is 2.05. The number of aliphatic hydroxyl groups is 1. The molecule has 0 aliphatic carbocycles. The topological polar surface area (TPSA) is 62.7 Å². The Bertz CT molecular complexity index is 451. The van der Waals surface area contributed by atoms with Gasteiger partial charge in [-0.1, -0.05) is 0 Å². The predicted octanol–water partition coefficient (Wildman–Crippen LogP) is 1.93. The molecule has 18 heavy (non-hydrogen) atoms. The summed E-state index contributed by atoms with van der Waals surface area (Å²) in [4.78, 5) is 19.1. The third kappa shape index (κ3) is 3.00. The second-order valence-corrected chi connectivity index (χ2v) is 6.46. The Morgan fingerprint density at radius 2 is 2.28 bits per heavy atom. The summed E-state index contributed by atoms with van der Waals surface area (Å²) in [7, 11) is 0. The Kier molecular flexibility index (Phi) is 3.59. The highest BCUT2D eigenvalue weighted by Crippen LogP contribution is 2.25. The second kappa shape index (κ2) is 4.85. The number of hydrogen-bond donors (Lipinski definition) is 1. The lowest BCUT2D eigenvalue weighted by molar-refractivity contribution is 0.0222. The molecule has 2 rings (SSSR count). The van der Waals surface area contributed by atoms with Crippen LogP contribution in [0.4, 0.5) is 4.79 Å². The molecule has 0 bridgehead atoms. The van der Waals surface area contributed by atoms with Crippen molar-refractivity contribution >= 4 is 17.4 Å². The Labute approximate surface area is 110 Å². The van der Waals surface area contributed by atoms with Crippen LogP contribution < -0.4 is 0 Å². The fraction of sp³-hybridized carbons (Fsp3) is 0.667. The maximum absolute atomic E-state index is 11.9. The highest BCUT2D eigenvalue weighted by Gasteiger charge is 2.27. The molecule has 100 valence electrons. The minimum Gasteiger partial charge on any atom is -0.444 e. The maximum atomic E-state index is 11.9. The molecule has 2 heterocycles. The number of ether oxygens (including phenoxy) is 1. The van der Waals surface area contributed by atoms with Gasteiger partial charge in [-0.3, -0.25) is 0 Å². The van der Waals surface area contributed by atoms with Crippen LogP contribution in [0.15, 0.2) is 0 Å². The summed E-state index contributed by atoms with van der Waals surface area (Å²) < 4.78 is 5.34. The van der Waals surface area contributed by atoms with Gasteiger partial charge in [-0.15, -0.1) is 11.3 Å². The van der Waals surface area contributed by atoms with E-state index in [0.29, 0.717) is 18.1 Å². The van der Waals surface area contributed by atoms with Gasteiger partial charge in [-0.05, 0) is 20.8 Å². The zero-order valence-corrected chi connectivity index (χ0v) is 11.7. The molecule has 1 aromatic heterocycles. The van der Waals surface area contributed by atoms with Crippen LogP contribution in [0.1, 0.15) is 36.3 Å². The number of amides is 1. The van der Waals surface area contributed by atoms with Crippen molar-refractivity contribution in [3.63, 3.8) is 0 Å². The first-order valence-corrected chi connectivity index (χ1v) is 6.77. The van der Waals surface area contributed by atoms with E-state index in [0.717, 1.165) is 12.1 Å². The number of carbonyl (C=O) groups is 1. The number of hydrogen-bond acceptors (Lipinski definition) is 5. The van der Waals surface area contributed by atoms with Crippen molar-refractivity contribution in [2.24, 2.45) is 0 Å². The molecule has 0 saturated carbocycles. The van der Waals surface area contributed by atoms with Crippen LogP contribution in [0.25, 0.3) is 0 Å². The molecule has 1 aliphatic heterocycles. The maximum Gasteiger partial charge on any atom is 0.410 e. The van der Waals surface area contributed by atoms with E-state index in [1.807, 2.05) is 20.8 Å². The van der Waals surface area contributed by atoms with Gasteiger partial charge in [0, 0.05) is 17.8 Å². The monoisotopic (exact) mass is 270 g/mol. The zero-order chi connectivity index (χ0) is 13.3. The number of carbonyl (C=O) groups excluding carboxylic acids is 1. The van der Waals surface area contributed by atoms with Gasteiger partial charge < -0.3 is 14.7 Å². The lowest BCUT2D eigenvalue weighted by Crippen LogP contribution is -2.39. The third-order valence-electron chi connectivity index (χ3n) is 2.56. The molecule has 6 heteroatoms. The molecule has 0 spiro atoms. The SMILES string of the molecule is CC(C)(C)OC(=O)N1CCc2sc(CO)nc2C1. The number of fused-ring (bicyclic) bond motifs is 1. The Morgan fingerprint density at radius 3 is 2.89 bits per heavy atom. The van der Waals surface area contributed by atoms with E-state index >= 15 is 0 Å². The normalized spacial score (nSPS) is 15.4. The van der Waals surface area contributed by atoms with Crippen LogP contribution in [0.3, 0.4) is 0 Å². The molecule has 0 radical (unpaired) electrons. The highest BCUT2D eigenvalue weighted by atomic mass is 32.1. The molecule has 0 atom stereocenters. The first-order chi connectivity index (χ1) is 8.39. The summed E-state index contributed by atoms with van der Waals surface area (Å²) in [6.07, 6.45) is 0.485. The van der Waals surface area contributed by atoms with Crippen LogP contribution >= 0.6 is 11.3 Å². The summed E-state index contributed by atoms with van der Waals surface area (Å²) in [5.41, 5.74) is 0.413. The van der Waals surface area contributed by atoms with Crippen molar-refractivity contribution in [2.45, 2.75) is 45.9 Å².